The summed E-state index contributed by atoms with van der Waals surface area (Å²) in [5.41, 5.74) is 2.75. The van der Waals surface area contributed by atoms with Gasteiger partial charge < -0.3 is 9.88 Å². The number of benzene rings is 2. The highest BCUT2D eigenvalue weighted by Gasteiger charge is 2.15. The van der Waals surface area contributed by atoms with Gasteiger partial charge in [-0.15, -0.1) is 11.3 Å². The molecule has 1 N–H and O–H groups in total. The first-order valence-electron chi connectivity index (χ1n) is 10.2. The zero-order chi connectivity index (χ0) is 22.1. The molecular formula is C24H19FN4O2S. The van der Waals surface area contributed by atoms with Crippen LogP contribution in [0.2, 0.25) is 0 Å². The van der Waals surface area contributed by atoms with Gasteiger partial charge in [-0.1, -0.05) is 18.2 Å². The molecule has 5 rings (SSSR count). The standard InChI is InChI=1S/C24H19FN4O2S/c25-18-6-3-16(4-7-18)15-28-22-14-17(23(30)26-11-9-19-2-1-13-32-19)5-8-20(22)29-21(24(28)31)10-12-27-29/h1-8,10,12-14H,9,11,15H2,(H,26,30). The number of halogens is 1. The van der Waals surface area contributed by atoms with Crippen molar-refractivity contribution in [3.63, 3.8) is 0 Å². The molecule has 3 aromatic heterocycles. The number of fused-ring (bicyclic) bond motifs is 3. The van der Waals surface area contributed by atoms with Crippen LogP contribution in [0.5, 0.6) is 0 Å². The molecule has 0 aliphatic carbocycles. The maximum atomic E-state index is 13.3. The van der Waals surface area contributed by atoms with E-state index >= 15 is 0 Å². The van der Waals surface area contributed by atoms with Gasteiger partial charge >= 0.3 is 0 Å². The Morgan fingerprint density at radius 1 is 1.03 bits per heavy atom. The van der Waals surface area contributed by atoms with Crippen LogP contribution >= 0.6 is 11.3 Å². The van der Waals surface area contributed by atoms with Gasteiger partial charge in [-0.25, -0.2) is 8.91 Å². The number of carbonyl (C=O) groups is 1. The van der Waals surface area contributed by atoms with Gasteiger partial charge in [0.2, 0.25) is 0 Å². The molecular weight excluding hydrogens is 427 g/mol. The fourth-order valence-electron chi connectivity index (χ4n) is 3.75. The van der Waals surface area contributed by atoms with E-state index in [2.05, 4.69) is 10.4 Å². The van der Waals surface area contributed by atoms with Gasteiger partial charge in [-0.05, 0) is 59.8 Å². The Morgan fingerprint density at radius 2 is 1.88 bits per heavy atom. The molecule has 0 spiro atoms. The van der Waals surface area contributed by atoms with E-state index in [-0.39, 0.29) is 23.8 Å². The van der Waals surface area contributed by atoms with Crippen molar-refractivity contribution >= 4 is 33.8 Å². The van der Waals surface area contributed by atoms with Crippen LogP contribution in [0.15, 0.2) is 77.0 Å². The number of rotatable bonds is 6. The van der Waals surface area contributed by atoms with E-state index in [0.29, 0.717) is 28.7 Å². The van der Waals surface area contributed by atoms with Gasteiger partial charge in [0.25, 0.3) is 11.5 Å². The first-order valence-corrected chi connectivity index (χ1v) is 11.0. The van der Waals surface area contributed by atoms with Crippen LogP contribution in [0.4, 0.5) is 4.39 Å². The first-order chi connectivity index (χ1) is 15.6. The summed E-state index contributed by atoms with van der Waals surface area (Å²) in [4.78, 5) is 27.2. The first kappa shape index (κ1) is 20.1. The quantitative estimate of drug-likeness (QED) is 0.431. The average molecular weight is 447 g/mol. The largest absolute Gasteiger partial charge is 0.352 e. The third-order valence-electron chi connectivity index (χ3n) is 5.35. The Bertz CT molecular complexity index is 1470. The third-order valence-corrected chi connectivity index (χ3v) is 6.29. The molecule has 0 aliphatic heterocycles. The van der Waals surface area contributed by atoms with Crippen molar-refractivity contribution in [1.29, 1.82) is 0 Å². The highest BCUT2D eigenvalue weighted by molar-refractivity contribution is 7.09. The summed E-state index contributed by atoms with van der Waals surface area (Å²) in [6.07, 6.45) is 2.34. The smallest absolute Gasteiger partial charge is 0.277 e. The van der Waals surface area contributed by atoms with Crippen LogP contribution in [0.1, 0.15) is 20.8 Å². The Balaban J connectivity index is 1.52. The zero-order valence-corrected chi connectivity index (χ0v) is 17.8. The normalized spacial score (nSPS) is 11.3. The van der Waals surface area contributed by atoms with Crippen LogP contribution < -0.4 is 10.9 Å². The fraction of sp³-hybridized carbons (Fsp3) is 0.125. The second kappa shape index (κ2) is 8.39. The molecule has 8 heteroatoms. The number of amides is 1. The lowest BCUT2D eigenvalue weighted by molar-refractivity contribution is 0.0954. The highest BCUT2D eigenvalue weighted by atomic mass is 32.1. The summed E-state index contributed by atoms with van der Waals surface area (Å²) in [6, 6.07) is 17.0. The number of nitrogens with one attached hydrogen (secondary N) is 1. The summed E-state index contributed by atoms with van der Waals surface area (Å²) in [7, 11) is 0. The van der Waals surface area contributed by atoms with Crippen LogP contribution in [0, 0.1) is 5.82 Å². The van der Waals surface area contributed by atoms with Crippen molar-refractivity contribution in [3.8, 4) is 0 Å². The summed E-state index contributed by atoms with van der Waals surface area (Å²) >= 11 is 1.66. The van der Waals surface area contributed by atoms with Gasteiger partial charge in [0.15, 0.2) is 0 Å². The Hall–Kier alpha value is -3.78. The van der Waals surface area contributed by atoms with Gasteiger partial charge in [0.1, 0.15) is 11.3 Å². The monoisotopic (exact) mass is 446 g/mol. The Labute approximate surface area is 186 Å². The number of nitrogens with zero attached hydrogens (tertiary/aromatic N) is 3. The molecule has 0 aliphatic rings. The van der Waals surface area contributed by atoms with Crippen molar-refractivity contribution in [1.82, 2.24) is 19.5 Å². The minimum Gasteiger partial charge on any atom is -0.352 e. The van der Waals surface area contributed by atoms with E-state index in [1.165, 1.54) is 17.0 Å². The molecule has 1 amide bonds. The van der Waals surface area contributed by atoms with Crippen LogP contribution in [-0.2, 0) is 13.0 Å². The van der Waals surface area contributed by atoms with Crippen molar-refractivity contribution < 1.29 is 9.18 Å². The molecule has 0 unspecified atom stereocenters. The van der Waals surface area contributed by atoms with Crippen LogP contribution in [0.25, 0.3) is 16.6 Å². The lowest BCUT2D eigenvalue weighted by Crippen LogP contribution is -2.27. The summed E-state index contributed by atoms with van der Waals surface area (Å²) in [5.74, 6) is -0.538. The molecule has 6 nitrogen and oxygen atoms in total. The number of hydrogen-bond donors (Lipinski definition) is 1. The van der Waals surface area contributed by atoms with Crippen molar-refractivity contribution in [3.05, 3.63) is 104 Å². The Morgan fingerprint density at radius 3 is 2.66 bits per heavy atom. The number of hydrogen-bond acceptors (Lipinski definition) is 4. The predicted molar refractivity (Wildman–Crippen MR) is 123 cm³/mol. The SMILES string of the molecule is O=C(NCCc1cccs1)c1ccc2c(c1)n(Cc1ccc(F)cc1)c(=O)c1ccnn12. The van der Waals surface area contributed by atoms with Crippen LogP contribution in [0.3, 0.4) is 0 Å². The number of thiophene rings is 1. The highest BCUT2D eigenvalue weighted by Crippen LogP contribution is 2.18. The molecule has 0 fully saturated rings. The molecule has 160 valence electrons. The molecule has 0 saturated carbocycles. The van der Waals surface area contributed by atoms with Crippen LogP contribution in [-0.4, -0.2) is 26.6 Å². The minimum absolute atomic E-state index is 0.204. The molecule has 32 heavy (non-hydrogen) atoms. The maximum absolute atomic E-state index is 13.3. The van der Waals surface area contributed by atoms with E-state index in [1.807, 2.05) is 17.5 Å². The van der Waals surface area contributed by atoms with E-state index in [9.17, 15) is 14.0 Å². The zero-order valence-electron chi connectivity index (χ0n) is 17.0. The molecule has 2 aromatic carbocycles. The van der Waals surface area contributed by atoms with E-state index in [0.717, 1.165) is 12.0 Å². The molecule has 0 atom stereocenters. The minimum atomic E-state index is -0.335. The van der Waals surface area contributed by atoms with Gasteiger partial charge in [0.05, 0.1) is 23.8 Å². The average Bonchev–Trinajstić information content (AvgIpc) is 3.50. The van der Waals surface area contributed by atoms with E-state index in [4.69, 9.17) is 0 Å². The summed E-state index contributed by atoms with van der Waals surface area (Å²) in [6.45, 7) is 0.776. The maximum Gasteiger partial charge on any atom is 0.277 e. The topological polar surface area (TPSA) is 68.4 Å². The molecule has 5 aromatic rings. The van der Waals surface area contributed by atoms with Crippen molar-refractivity contribution in [2.24, 2.45) is 0 Å². The van der Waals surface area contributed by atoms with E-state index < -0.39 is 0 Å². The second-order valence-corrected chi connectivity index (χ2v) is 8.47. The number of aromatic nitrogens is 3. The van der Waals surface area contributed by atoms with Gasteiger partial charge in [0, 0.05) is 17.0 Å². The van der Waals surface area contributed by atoms with Gasteiger partial charge in [-0.3, -0.25) is 9.59 Å². The van der Waals surface area contributed by atoms with Crippen molar-refractivity contribution in [2.75, 3.05) is 6.54 Å². The van der Waals surface area contributed by atoms with E-state index in [1.54, 1.807) is 63.0 Å². The molecule has 0 radical (unpaired) electrons. The Kier molecular flexibility index (Phi) is 5.28. The third kappa shape index (κ3) is 3.80. The lowest BCUT2D eigenvalue weighted by atomic mass is 10.1. The van der Waals surface area contributed by atoms with Gasteiger partial charge in [-0.2, -0.15) is 5.10 Å². The summed E-state index contributed by atoms with van der Waals surface area (Å²) < 4.78 is 16.5. The second-order valence-electron chi connectivity index (χ2n) is 7.43. The molecule has 0 bridgehead atoms. The predicted octanol–water partition coefficient (Wildman–Crippen LogP) is 3.87. The summed E-state index contributed by atoms with van der Waals surface area (Å²) in [5, 5.41) is 9.23. The fourth-order valence-corrected chi connectivity index (χ4v) is 4.46. The lowest BCUT2D eigenvalue weighted by Gasteiger charge is -2.13. The number of carbonyl (C=O) groups excluding carboxylic acids is 1. The molecule has 3 heterocycles. The van der Waals surface area contributed by atoms with Crippen molar-refractivity contribution in [2.45, 2.75) is 13.0 Å². The molecule has 0 saturated heterocycles.